The molecule has 2 N–H and O–H groups in total. The van der Waals surface area contributed by atoms with E-state index in [4.69, 9.17) is 10.3 Å². The molecule has 1 aromatic carbocycles. The molecule has 0 aliphatic heterocycles. The maximum atomic E-state index is 5.87. The molecule has 0 unspecified atom stereocenters. The highest BCUT2D eigenvalue weighted by Crippen LogP contribution is 2.42. The summed E-state index contributed by atoms with van der Waals surface area (Å²) in [7, 11) is 0. The molecule has 0 atom stereocenters. The van der Waals surface area contributed by atoms with Gasteiger partial charge in [0, 0.05) is 17.3 Å². The molecule has 106 valence electrons. The minimum absolute atomic E-state index is 0.205. The van der Waals surface area contributed by atoms with Crippen molar-refractivity contribution in [1.82, 2.24) is 10.1 Å². The maximum absolute atomic E-state index is 5.87. The number of benzene rings is 1. The van der Waals surface area contributed by atoms with Crippen molar-refractivity contribution in [3.63, 3.8) is 0 Å². The van der Waals surface area contributed by atoms with Crippen molar-refractivity contribution in [3.8, 4) is 0 Å². The van der Waals surface area contributed by atoms with E-state index < -0.39 is 0 Å². The highest BCUT2D eigenvalue weighted by Gasteiger charge is 2.37. The average Bonchev–Trinajstić information content (AvgIpc) is 2.84. The smallest absolute Gasteiger partial charge is 0.227 e. The van der Waals surface area contributed by atoms with Crippen molar-refractivity contribution in [2.75, 3.05) is 6.54 Å². The number of rotatable bonds is 5. The molecule has 1 aliphatic rings. The van der Waals surface area contributed by atoms with Gasteiger partial charge in [-0.15, -0.1) is 0 Å². The zero-order valence-corrected chi connectivity index (χ0v) is 12.9. The van der Waals surface area contributed by atoms with E-state index in [0.717, 1.165) is 28.2 Å². The minimum atomic E-state index is 0.205. The Morgan fingerprint density at radius 1 is 1.30 bits per heavy atom. The molecule has 1 fully saturated rings. The number of halogens is 1. The van der Waals surface area contributed by atoms with E-state index in [-0.39, 0.29) is 5.41 Å². The van der Waals surface area contributed by atoms with Crippen molar-refractivity contribution >= 4 is 15.9 Å². The third-order valence-electron chi connectivity index (χ3n) is 4.19. The minimum Gasteiger partial charge on any atom is -0.339 e. The molecule has 20 heavy (non-hydrogen) atoms. The SMILES string of the molecule is NCC1(Cc2nc(Cc3ccccc3Br)no2)CCC1. The van der Waals surface area contributed by atoms with Crippen LogP contribution in [0.2, 0.25) is 0 Å². The molecule has 0 amide bonds. The predicted molar refractivity (Wildman–Crippen MR) is 80.3 cm³/mol. The third-order valence-corrected chi connectivity index (χ3v) is 4.96. The lowest BCUT2D eigenvalue weighted by Crippen LogP contribution is -2.39. The summed E-state index contributed by atoms with van der Waals surface area (Å²) in [6, 6.07) is 8.09. The molecular formula is C15H18BrN3O. The van der Waals surface area contributed by atoms with Gasteiger partial charge in [0.1, 0.15) is 0 Å². The summed E-state index contributed by atoms with van der Waals surface area (Å²) in [5.74, 6) is 1.45. The van der Waals surface area contributed by atoms with E-state index in [9.17, 15) is 0 Å². The summed E-state index contributed by atoms with van der Waals surface area (Å²) in [4.78, 5) is 4.51. The first-order valence-corrected chi connectivity index (χ1v) is 7.75. The van der Waals surface area contributed by atoms with Crippen molar-refractivity contribution in [3.05, 3.63) is 46.0 Å². The van der Waals surface area contributed by atoms with Crippen LogP contribution in [0.25, 0.3) is 0 Å². The van der Waals surface area contributed by atoms with Crippen LogP contribution in [0.15, 0.2) is 33.3 Å². The molecule has 4 nitrogen and oxygen atoms in total. The maximum Gasteiger partial charge on any atom is 0.227 e. The molecule has 1 saturated carbocycles. The second-order valence-corrected chi connectivity index (χ2v) is 6.46. The largest absolute Gasteiger partial charge is 0.339 e. The summed E-state index contributed by atoms with van der Waals surface area (Å²) < 4.78 is 6.45. The Kier molecular flexibility index (Phi) is 3.89. The zero-order valence-electron chi connectivity index (χ0n) is 11.3. The number of nitrogens with two attached hydrogens (primary N) is 1. The first-order chi connectivity index (χ1) is 9.71. The predicted octanol–water partition coefficient (Wildman–Crippen LogP) is 3.09. The lowest BCUT2D eigenvalue weighted by molar-refractivity contribution is 0.129. The van der Waals surface area contributed by atoms with Gasteiger partial charge < -0.3 is 10.3 Å². The zero-order chi connectivity index (χ0) is 14.0. The van der Waals surface area contributed by atoms with E-state index >= 15 is 0 Å². The number of hydrogen-bond donors (Lipinski definition) is 1. The molecule has 1 heterocycles. The Morgan fingerprint density at radius 2 is 2.10 bits per heavy atom. The number of aromatic nitrogens is 2. The standard InChI is InChI=1S/C15H18BrN3O/c16-12-5-2-1-4-11(12)8-13-18-14(20-19-13)9-15(10-17)6-3-7-15/h1-2,4-5H,3,6-10,17H2. The van der Waals surface area contributed by atoms with E-state index in [2.05, 4.69) is 32.1 Å². The molecule has 0 radical (unpaired) electrons. The number of nitrogens with zero attached hydrogens (tertiary/aromatic N) is 2. The van der Waals surface area contributed by atoms with Gasteiger partial charge in [0.15, 0.2) is 5.82 Å². The van der Waals surface area contributed by atoms with Crippen LogP contribution in [-0.2, 0) is 12.8 Å². The lowest BCUT2D eigenvalue weighted by Gasteiger charge is -2.39. The van der Waals surface area contributed by atoms with E-state index in [1.165, 1.54) is 19.3 Å². The molecule has 3 rings (SSSR count). The van der Waals surface area contributed by atoms with Gasteiger partial charge in [-0.05, 0) is 36.4 Å². The van der Waals surface area contributed by atoms with Gasteiger partial charge in [-0.2, -0.15) is 4.98 Å². The first kappa shape index (κ1) is 13.8. The van der Waals surface area contributed by atoms with Gasteiger partial charge in [0.05, 0.1) is 0 Å². The van der Waals surface area contributed by atoms with Crippen LogP contribution in [0.4, 0.5) is 0 Å². The van der Waals surface area contributed by atoms with Crippen LogP contribution in [0.5, 0.6) is 0 Å². The first-order valence-electron chi connectivity index (χ1n) is 6.96. The summed E-state index contributed by atoms with van der Waals surface area (Å²) in [5, 5.41) is 4.08. The van der Waals surface area contributed by atoms with Gasteiger partial charge in [0.25, 0.3) is 0 Å². The highest BCUT2D eigenvalue weighted by molar-refractivity contribution is 9.10. The Balaban J connectivity index is 1.69. The van der Waals surface area contributed by atoms with Gasteiger partial charge in [-0.1, -0.05) is 45.7 Å². The summed E-state index contributed by atoms with van der Waals surface area (Å²) >= 11 is 3.54. The molecule has 5 heteroatoms. The summed E-state index contributed by atoms with van der Waals surface area (Å²) in [6.45, 7) is 0.703. The molecule has 0 spiro atoms. The van der Waals surface area contributed by atoms with Gasteiger partial charge in [-0.3, -0.25) is 0 Å². The fourth-order valence-electron chi connectivity index (χ4n) is 2.70. The second kappa shape index (κ2) is 5.66. The van der Waals surface area contributed by atoms with Crippen molar-refractivity contribution in [1.29, 1.82) is 0 Å². The van der Waals surface area contributed by atoms with Crippen molar-refractivity contribution in [2.24, 2.45) is 11.1 Å². The van der Waals surface area contributed by atoms with Gasteiger partial charge in [0.2, 0.25) is 5.89 Å². The van der Waals surface area contributed by atoms with Crippen LogP contribution < -0.4 is 5.73 Å². The Bertz CT molecular complexity index is 587. The summed E-state index contributed by atoms with van der Waals surface area (Å²) in [6.07, 6.45) is 5.10. The molecule has 1 aromatic heterocycles. The van der Waals surface area contributed by atoms with Crippen LogP contribution in [-0.4, -0.2) is 16.7 Å². The monoisotopic (exact) mass is 335 g/mol. The Morgan fingerprint density at radius 3 is 2.75 bits per heavy atom. The second-order valence-electron chi connectivity index (χ2n) is 5.61. The molecule has 1 aliphatic carbocycles. The lowest BCUT2D eigenvalue weighted by atomic mass is 9.67. The van der Waals surface area contributed by atoms with Gasteiger partial charge in [-0.25, -0.2) is 0 Å². The van der Waals surface area contributed by atoms with Crippen LogP contribution in [0, 0.1) is 5.41 Å². The quantitative estimate of drug-likeness (QED) is 0.911. The van der Waals surface area contributed by atoms with Crippen LogP contribution >= 0.6 is 15.9 Å². The third kappa shape index (κ3) is 2.79. The average molecular weight is 336 g/mol. The highest BCUT2D eigenvalue weighted by atomic mass is 79.9. The fourth-order valence-corrected chi connectivity index (χ4v) is 3.12. The Hall–Kier alpha value is -1.20. The fraction of sp³-hybridized carbons (Fsp3) is 0.467. The normalized spacial score (nSPS) is 16.9. The van der Waals surface area contributed by atoms with Crippen LogP contribution in [0.3, 0.4) is 0 Å². The number of hydrogen-bond acceptors (Lipinski definition) is 4. The molecule has 0 saturated heterocycles. The van der Waals surface area contributed by atoms with Crippen LogP contribution in [0.1, 0.15) is 36.5 Å². The molecule has 0 bridgehead atoms. The van der Waals surface area contributed by atoms with Crippen molar-refractivity contribution in [2.45, 2.75) is 32.1 Å². The topological polar surface area (TPSA) is 64.9 Å². The van der Waals surface area contributed by atoms with E-state index in [0.29, 0.717) is 13.0 Å². The van der Waals surface area contributed by atoms with Gasteiger partial charge >= 0.3 is 0 Å². The molecular weight excluding hydrogens is 318 g/mol. The van der Waals surface area contributed by atoms with E-state index in [1.807, 2.05) is 18.2 Å². The van der Waals surface area contributed by atoms with E-state index in [1.54, 1.807) is 0 Å². The Labute approximate surface area is 126 Å². The van der Waals surface area contributed by atoms with Crippen molar-refractivity contribution < 1.29 is 4.52 Å². The summed E-state index contributed by atoms with van der Waals surface area (Å²) in [5.41, 5.74) is 7.24. The molecule has 2 aromatic rings.